The van der Waals surface area contributed by atoms with E-state index in [-0.39, 0.29) is 17.7 Å². The number of hydrogen-bond donors (Lipinski definition) is 4. The smallest absolute Gasteiger partial charge is 0.328 e. The second-order valence-electron chi connectivity index (χ2n) is 7.45. The summed E-state index contributed by atoms with van der Waals surface area (Å²) in [5, 5.41) is 13.9. The fourth-order valence-electron chi connectivity index (χ4n) is 3.90. The molecule has 11 heteroatoms. The number of nitrogens with zero attached hydrogens (tertiary/aromatic N) is 4. The van der Waals surface area contributed by atoms with Gasteiger partial charge in [-0.15, -0.1) is 0 Å². The summed E-state index contributed by atoms with van der Waals surface area (Å²) in [5.74, 6) is 0.506. The molecule has 0 saturated heterocycles. The summed E-state index contributed by atoms with van der Waals surface area (Å²) < 4.78 is 13.1. The minimum Gasteiger partial charge on any atom is -0.389 e. The van der Waals surface area contributed by atoms with E-state index in [1.54, 1.807) is 10.9 Å². The molecule has 0 radical (unpaired) electrons. The van der Waals surface area contributed by atoms with E-state index >= 15 is 0 Å². The zero-order valence-electron chi connectivity index (χ0n) is 15.4. The topological polar surface area (TPSA) is 133 Å². The Morgan fingerprint density at radius 2 is 2.03 bits per heavy atom. The van der Waals surface area contributed by atoms with Crippen molar-refractivity contribution in [3.8, 4) is 0 Å². The molecule has 4 rings (SSSR count). The zero-order chi connectivity index (χ0) is 20.6. The van der Waals surface area contributed by atoms with Gasteiger partial charge in [-0.25, -0.2) is 4.98 Å². The summed E-state index contributed by atoms with van der Waals surface area (Å²) in [5.41, 5.74) is 0.737. The van der Waals surface area contributed by atoms with Crippen LogP contribution in [0, 0.1) is 0 Å². The molecule has 0 unspecified atom stereocenters. The predicted octanol–water partition coefficient (Wildman–Crippen LogP) is 2.73. The molecule has 3 aromatic rings. The fraction of sp³-hybridized carbons (Fsp3) is 0.389. The average Bonchev–Trinajstić information content (AvgIpc) is 3.22. The molecule has 2 atom stereocenters. The quantitative estimate of drug-likeness (QED) is 0.341. The number of imidazole rings is 1. The molecule has 0 bridgehead atoms. The lowest BCUT2D eigenvalue weighted by molar-refractivity contribution is 0.0625. The van der Waals surface area contributed by atoms with Gasteiger partial charge < -0.3 is 24.8 Å². The monoisotopic (exact) mass is 437 g/mol. The molecule has 0 amide bonds. The van der Waals surface area contributed by atoms with Crippen molar-refractivity contribution in [1.82, 2.24) is 19.5 Å². The van der Waals surface area contributed by atoms with Crippen LogP contribution in [-0.4, -0.2) is 46.2 Å². The predicted molar refractivity (Wildman–Crippen MR) is 109 cm³/mol. The molecule has 1 aromatic carbocycles. The summed E-state index contributed by atoms with van der Waals surface area (Å²) in [4.78, 5) is 31.5. The van der Waals surface area contributed by atoms with Gasteiger partial charge in [0.05, 0.1) is 18.1 Å². The lowest BCUT2D eigenvalue weighted by Crippen LogP contribution is -2.30. The molecule has 2 heterocycles. The Balaban J connectivity index is 1.59. The van der Waals surface area contributed by atoms with Crippen molar-refractivity contribution in [2.45, 2.75) is 37.5 Å². The van der Waals surface area contributed by atoms with Gasteiger partial charge in [0, 0.05) is 12.6 Å². The first kappa shape index (κ1) is 20.3. The first-order chi connectivity index (χ1) is 13.7. The number of halogens is 1. The number of aromatic nitrogens is 4. The Morgan fingerprint density at radius 3 is 2.76 bits per heavy atom. The minimum atomic E-state index is -4.32. The lowest BCUT2D eigenvalue weighted by atomic mass is 10.1. The summed E-state index contributed by atoms with van der Waals surface area (Å²) in [6.45, 7) is 0.543. The van der Waals surface area contributed by atoms with Crippen LogP contribution in [0.25, 0.3) is 11.2 Å². The highest BCUT2D eigenvalue weighted by Crippen LogP contribution is 2.47. The molecular formula is C18H21ClN5O4P. The largest absolute Gasteiger partial charge is 0.389 e. The van der Waals surface area contributed by atoms with E-state index in [2.05, 4.69) is 20.3 Å². The Labute approximate surface area is 171 Å². The Hall–Kier alpha value is -2.03. The standard InChI is InChI=1S/C18H21ClN5O4P/c19-17-22-15(20-9-12-4-2-1-3-5-12)14-16(23-17)24(11-21-14)13-6-7-18(25,8-13)10-29(26,27)28/h1-5,11,13,25H,6-10H2,(H,20,22,23)(H2,26,27,28)/t13-,18-/m0/s1. The highest BCUT2D eigenvalue weighted by molar-refractivity contribution is 7.51. The second-order valence-corrected chi connectivity index (χ2v) is 9.43. The normalized spacial score (nSPS) is 22.3. The van der Waals surface area contributed by atoms with Crippen molar-refractivity contribution >= 4 is 36.2 Å². The van der Waals surface area contributed by atoms with Crippen LogP contribution >= 0.6 is 19.2 Å². The van der Waals surface area contributed by atoms with Crippen molar-refractivity contribution < 1.29 is 19.5 Å². The Bertz CT molecular complexity index is 1070. The SMILES string of the molecule is O=P(O)(O)C[C@]1(O)CC[C@H](n2cnc3c(NCc4ccccc4)nc(Cl)nc32)C1. The van der Waals surface area contributed by atoms with E-state index in [0.29, 0.717) is 36.4 Å². The highest BCUT2D eigenvalue weighted by atomic mass is 35.5. The van der Waals surface area contributed by atoms with Crippen LogP contribution in [0.2, 0.25) is 5.28 Å². The maximum Gasteiger partial charge on any atom is 0.328 e. The summed E-state index contributed by atoms with van der Waals surface area (Å²) >= 11 is 6.13. The van der Waals surface area contributed by atoms with E-state index in [9.17, 15) is 19.5 Å². The third-order valence-corrected chi connectivity index (χ3v) is 6.32. The van der Waals surface area contributed by atoms with Crippen molar-refractivity contribution in [2.75, 3.05) is 11.5 Å². The number of anilines is 1. The molecule has 0 spiro atoms. The van der Waals surface area contributed by atoms with Gasteiger partial charge in [0.25, 0.3) is 0 Å². The van der Waals surface area contributed by atoms with Crippen LogP contribution in [0.4, 0.5) is 5.82 Å². The van der Waals surface area contributed by atoms with Gasteiger partial charge in [-0.05, 0) is 36.4 Å². The third-order valence-electron chi connectivity index (χ3n) is 5.15. The van der Waals surface area contributed by atoms with Gasteiger partial charge in [-0.1, -0.05) is 30.3 Å². The average molecular weight is 438 g/mol. The van der Waals surface area contributed by atoms with Crippen molar-refractivity contribution in [1.29, 1.82) is 0 Å². The number of rotatable bonds is 6. The van der Waals surface area contributed by atoms with Gasteiger partial charge in [-0.3, -0.25) is 4.57 Å². The maximum absolute atomic E-state index is 11.3. The van der Waals surface area contributed by atoms with Crippen molar-refractivity contribution in [3.63, 3.8) is 0 Å². The molecule has 1 saturated carbocycles. The van der Waals surface area contributed by atoms with Crippen LogP contribution in [0.1, 0.15) is 30.9 Å². The minimum absolute atomic E-state index is 0.0679. The number of benzene rings is 1. The lowest BCUT2D eigenvalue weighted by Gasteiger charge is -2.23. The van der Waals surface area contributed by atoms with Crippen LogP contribution < -0.4 is 5.32 Å². The molecule has 1 aliphatic rings. The summed E-state index contributed by atoms with van der Waals surface area (Å²) in [6.07, 6.45) is 2.11. The van der Waals surface area contributed by atoms with E-state index in [1.807, 2.05) is 30.3 Å². The van der Waals surface area contributed by atoms with Gasteiger partial charge in [0.1, 0.15) is 0 Å². The van der Waals surface area contributed by atoms with E-state index in [4.69, 9.17) is 11.6 Å². The molecule has 154 valence electrons. The Morgan fingerprint density at radius 1 is 1.28 bits per heavy atom. The molecule has 9 nitrogen and oxygen atoms in total. The zero-order valence-corrected chi connectivity index (χ0v) is 17.1. The number of nitrogens with one attached hydrogen (secondary N) is 1. The number of aliphatic hydroxyl groups is 1. The van der Waals surface area contributed by atoms with Gasteiger partial charge in [0.2, 0.25) is 5.28 Å². The second kappa shape index (κ2) is 7.66. The highest BCUT2D eigenvalue weighted by Gasteiger charge is 2.43. The van der Waals surface area contributed by atoms with Crippen LogP contribution in [0.5, 0.6) is 0 Å². The third kappa shape index (κ3) is 4.60. The molecule has 29 heavy (non-hydrogen) atoms. The molecule has 1 aliphatic carbocycles. The molecule has 4 N–H and O–H groups in total. The summed E-state index contributed by atoms with van der Waals surface area (Å²) in [6, 6.07) is 9.64. The number of fused-ring (bicyclic) bond motifs is 1. The van der Waals surface area contributed by atoms with Crippen LogP contribution in [-0.2, 0) is 11.1 Å². The molecular weight excluding hydrogens is 417 g/mol. The maximum atomic E-state index is 11.3. The van der Waals surface area contributed by atoms with Gasteiger partial charge in [-0.2, -0.15) is 9.97 Å². The Kier molecular flexibility index (Phi) is 5.35. The van der Waals surface area contributed by atoms with Crippen molar-refractivity contribution in [2.24, 2.45) is 0 Å². The van der Waals surface area contributed by atoms with Crippen LogP contribution in [0.3, 0.4) is 0 Å². The fourth-order valence-corrected chi connectivity index (χ4v) is 5.12. The van der Waals surface area contributed by atoms with Crippen molar-refractivity contribution in [3.05, 3.63) is 47.5 Å². The van der Waals surface area contributed by atoms with E-state index < -0.39 is 19.4 Å². The first-order valence-corrected chi connectivity index (χ1v) is 11.3. The van der Waals surface area contributed by atoms with E-state index in [0.717, 1.165) is 5.56 Å². The van der Waals surface area contributed by atoms with Gasteiger partial charge in [0.15, 0.2) is 17.0 Å². The first-order valence-electron chi connectivity index (χ1n) is 9.17. The van der Waals surface area contributed by atoms with Crippen LogP contribution in [0.15, 0.2) is 36.7 Å². The molecule has 1 fully saturated rings. The molecule has 2 aromatic heterocycles. The van der Waals surface area contributed by atoms with E-state index in [1.165, 1.54) is 0 Å². The number of hydrogen-bond acceptors (Lipinski definition) is 6. The van der Waals surface area contributed by atoms with Gasteiger partial charge >= 0.3 is 7.60 Å². The summed E-state index contributed by atoms with van der Waals surface area (Å²) in [7, 11) is -4.32. The molecule has 0 aliphatic heterocycles.